The Balaban J connectivity index is 2.57. The van der Waals surface area contributed by atoms with Crippen molar-refractivity contribution in [3.05, 3.63) is 58.4 Å². The monoisotopic (exact) mass is 386 g/mol. The van der Waals surface area contributed by atoms with E-state index in [1.165, 1.54) is 0 Å². The number of hydrogen-bond donors (Lipinski definition) is 2. The van der Waals surface area contributed by atoms with E-state index in [1.54, 1.807) is 13.8 Å². The van der Waals surface area contributed by atoms with Gasteiger partial charge >= 0.3 is 0 Å². The summed E-state index contributed by atoms with van der Waals surface area (Å²) in [5.74, 6) is -4.18. The summed E-state index contributed by atoms with van der Waals surface area (Å²) in [6, 6.07) is 3.48. The van der Waals surface area contributed by atoms with Crippen LogP contribution in [0.5, 0.6) is 0 Å². The summed E-state index contributed by atoms with van der Waals surface area (Å²) >= 11 is 0. The fourth-order valence-electron chi connectivity index (χ4n) is 2.67. The third-order valence-corrected chi connectivity index (χ3v) is 4.85. The van der Waals surface area contributed by atoms with Gasteiger partial charge in [-0.1, -0.05) is 13.8 Å². The number of rotatable bonds is 5. The maximum atomic E-state index is 14.8. The van der Waals surface area contributed by atoms with E-state index < -0.39 is 38.9 Å². The molecule has 140 valence electrons. The standard InChI is InChI=1S/C17H17F3N2O3S/c1-3-10-11(4-2)16(20)12(8-15(10)26(21,24)25)17(23)22-9-5-6-13(18)14(19)7-9/h5-8H,3-4H2,1-2H3,(H,22,23)(H2,21,24,25). The van der Waals surface area contributed by atoms with Gasteiger partial charge in [0.05, 0.1) is 10.5 Å². The third kappa shape index (κ3) is 3.88. The molecule has 2 aromatic rings. The van der Waals surface area contributed by atoms with Crippen LogP contribution < -0.4 is 10.5 Å². The number of benzene rings is 2. The molecule has 0 heterocycles. The number of amides is 1. The molecule has 0 saturated carbocycles. The van der Waals surface area contributed by atoms with Gasteiger partial charge in [-0.05, 0) is 42.2 Å². The van der Waals surface area contributed by atoms with Gasteiger partial charge in [0, 0.05) is 11.8 Å². The molecule has 0 bridgehead atoms. The van der Waals surface area contributed by atoms with Crippen LogP contribution in [0.15, 0.2) is 29.2 Å². The largest absolute Gasteiger partial charge is 0.322 e. The predicted molar refractivity (Wildman–Crippen MR) is 90.8 cm³/mol. The molecule has 0 aliphatic rings. The molecule has 2 rings (SSSR count). The average molecular weight is 386 g/mol. The van der Waals surface area contributed by atoms with E-state index in [-0.39, 0.29) is 34.6 Å². The highest BCUT2D eigenvalue weighted by molar-refractivity contribution is 7.89. The lowest BCUT2D eigenvalue weighted by Gasteiger charge is -2.16. The van der Waals surface area contributed by atoms with E-state index in [9.17, 15) is 26.4 Å². The summed E-state index contributed by atoms with van der Waals surface area (Å²) in [4.78, 5) is 12.0. The van der Waals surface area contributed by atoms with Crippen LogP contribution in [-0.2, 0) is 22.9 Å². The predicted octanol–water partition coefficient (Wildman–Crippen LogP) is 3.13. The number of anilines is 1. The number of halogens is 3. The van der Waals surface area contributed by atoms with Crippen LogP contribution in [0.4, 0.5) is 18.9 Å². The Kier molecular flexibility index (Phi) is 5.72. The van der Waals surface area contributed by atoms with Crippen molar-refractivity contribution in [1.29, 1.82) is 0 Å². The van der Waals surface area contributed by atoms with Gasteiger partial charge in [-0.3, -0.25) is 4.79 Å². The zero-order chi connectivity index (χ0) is 19.6. The molecule has 0 aliphatic carbocycles. The molecule has 0 radical (unpaired) electrons. The van der Waals surface area contributed by atoms with Gasteiger partial charge in [0.15, 0.2) is 11.6 Å². The fraction of sp³-hybridized carbons (Fsp3) is 0.235. The first kappa shape index (κ1) is 19.9. The minimum absolute atomic E-state index is 0.0643. The molecule has 0 atom stereocenters. The zero-order valence-corrected chi connectivity index (χ0v) is 14.9. The number of nitrogens with two attached hydrogens (primary N) is 1. The zero-order valence-electron chi connectivity index (χ0n) is 14.1. The van der Waals surface area contributed by atoms with E-state index in [0.717, 1.165) is 24.3 Å². The summed E-state index contributed by atoms with van der Waals surface area (Å²) in [5, 5.41) is 7.41. The van der Waals surface area contributed by atoms with Gasteiger partial charge in [-0.2, -0.15) is 0 Å². The van der Waals surface area contributed by atoms with Crippen LogP contribution in [0.25, 0.3) is 0 Å². The van der Waals surface area contributed by atoms with Crippen LogP contribution >= 0.6 is 0 Å². The van der Waals surface area contributed by atoms with Crippen LogP contribution in [0.2, 0.25) is 0 Å². The van der Waals surface area contributed by atoms with Gasteiger partial charge in [-0.15, -0.1) is 0 Å². The summed E-state index contributed by atoms with van der Waals surface area (Å²) in [5.41, 5.74) is -0.387. The molecular formula is C17H17F3N2O3S. The Morgan fingerprint density at radius 3 is 2.15 bits per heavy atom. The lowest BCUT2D eigenvalue weighted by atomic mass is 9.98. The first-order valence-corrected chi connectivity index (χ1v) is 9.28. The topological polar surface area (TPSA) is 89.3 Å². The number of nitrogens with one attached hydrogen (secondary N) is 1. The Labute approximate surface area is 149 Å². The number of carbonyl (C=O) groups is 1. The molecule has 0 spiro atoms. The third-order valence-electron chi connectivity index (χ3n) is 3.87. The number of primary sulfonamides is 1. The van der Waals surface area contributed by atoms with Gasteiger partial charge < -0.3 is 5.32 Å². The summed E-state index contributed by atoms with van der Waals surface area (Å²) in [7, 11) is -4.19. The van der Waals surface area contributed by atoms with Crippen LogP contribution in [0.3, 0.4) is 0 Å². The van der Waals surface area contributed by atoms with Crippen molar-refractivity contribution >= 4 is 21.6 Å². The van der Waals surface area contributed by atoms with Crippen LogP contribution in [0, 0.1) is 17.5 Å². The van der Waals surface area contributed by atoms with Gasteiger partial charge in [-0.25, -0.2) is 26.7 Å². The van der Waals surface area contributed by atoms with Crippen molar-refractivity contribution in [2.45, 2.75) is 31.6 Å². The highest BCUT2D eigenvalue weighted by atomic mass is 32.2. The van der Waals surface area contributed by atoms with E-state index in [4.69, 9.17) is 5.14 Å². The van der Waals surface area contributed by atoms with E-state index in [2.05, 4.69) is 5.32 Å². The number of hydrogen-bond acceptors (Lipinski definition) is 3. The quantitative estimate of drug-likeness (QED) is 0.827. The van der Waals surface area contributed by atoms with Crippen molar-refractivity contribution in [2.24, 2.45) is 5.14 Å². The Hall–Kier alpha value is -2.39. The number of sulfonamides is 1. The molecule has 5 nitrogen and oxygen atoms in total. The van der Waals surface area contributed by atoms with E-state index in [0.29, 0.717) is 0 Å². The van der Waals surface area contributed by atoms with Crippen molar-refractivity contribution in [3.8, 4) is 0 Å². The second-order valence-electron chi connectivity index (χ2n) is 5.53. The normalized spacial score (nSPS) is 11.5. The molecule has 2 aromatic carbocycles. The first-order valence-electron chi connectivity index (χ1n) is 7.73. The summed E-state index contributed by atoms with van der Waals surface area (Å²) < 4.78 is 64.6. The Morgan fingerprint density at radius 1 is 1.04 bits per heavy atom. The van der Waals surface area contributed by atoms with Gasteiger partial charge in [0.2, 0.25) is 10.0 Å². The number of carbonyl (C=O) groups excluding carboxylic acids is 1. The molecule has 26 heavy (non-hydrogen) atoms. The van der Waals surface area contributed by atoms with E-state index in [1.807, 2.05) is 0 Å². The molecule has 0 aromatic heterocycles. The first-order chi connectivity index (χ1) is 12.1. The highest BCUT2D eigenvalue weighted by Crippen LogP contribution is 2.27. The lowest BCUT2D eigenvalue weighted by Crippen LogP contribution is -2.21. The minimum atomic E-state index is -4.19. The summed E-state index contributed by atoms with van der Waals surface area (Å²) in [6.07, 6.45) is 0.348. The molecule has 0 unspecified atom stereocenters. The van der Waals surface area contributed by atoms with Crippen LogP contribution in [0.1, 0.15) is 35.3 Å². The fourth-order valence-corrected chi connectivity index (χ4v) is 3.57. The van der Waals surface area contributed by atoms with Crippen molar-refractivity contribution in [2.75, 3.05) is 5.32 Å². The Bertz CT molecular complexity index is 976. The molecule has 1 amide bonds. The van der Waals surface area contributed by atoms with Crippen LogP contribution in [-0.4, -0.2) is 14.3 Å². The lowest BCUT2D eigenvalue weighted by molar-refractivity contribution is 0.102. The van der Waals surface area contributed by atoms with E-state index >= 15 is 0 Å². The van der Waals surface area contributed by atoms with Gasteiger partial charge in [0.25, 0.3) is 5.91 Å². The molecular weight excluding hydrogens is 369 g/mol. The molecule has 9 heteroatoms. The maximum Gasteiger partial charge on any atom is 0.258 e. The minimum Gasteiger partial charge on any atom is -0.322 e. The van der Waals surface area contributed by atoms with Crippen molar-refractivity contribution in [1.82, 2.24) is 0 Å². The molecule has 0 saturated heterocycles. The van der Waals surface area contributed by atoms with Crippen molar-refractivity contribution < 1.29 is 26.4 Å². The second-order valence-corrected chi connectivity index (χ2v) is 7.06. The molecule has 3 N–H and O–H groups in total. The molecule has 0 fully saturated rings. The summed E-state index contributed by atoms with van der Waals surface area (Å²) in [6.45, 7) is 3.26. The smallest absolute Gasteiger partial charge is 0.258 e. The second kappa shape index (κ2) is 7.46. The van der Waals surface area contributed by atoms with Gasteiger partial charge in [0.1, 0.15) is 5.82 Å². The van der Waals surface area contributed by atoms with Crippen molar-refractivity contribution in [3.63, 3.8) is 0 Å². The maximum absolute atomic E-state index is 14.8. The Morgan fingerprint density at radius 2 is 1.65 bits per heavy atom. The highest BCUT2D eigenvalue weighted by Gasteiger charge is 2.25. The molecule has 0 aliphatic heterocycles. The average Bonchev–Trinajstić information content (AvgIpc) is 2.56. The SMILES string of the molecule is CCc1c(S(N)(=O)=O)cc(C(=O)Nc2ccc(F)c(F)c2)c(F)c1CC.